The van der Waals surface area contributed by atoms with Crippen molar-refractivity contribution in [3.8, 4) is 0 Å². The SMILES string of the molecule is Cc1nnnn1/C(=C\c1ccccc1)c1ccccc1. The van der Waals surface area contributed by atoms with E-state index in [0.717, 1.165) is 22.6 Å². The van der Waals surface area contributed by atoms with Crippen molar-refractivity contribution in [3.05, 3.63) is 77.6 Å². The van der Waals surface area contributed by atoms with Gasteiger partial charge in [0.1, 0.15) is 0 Å². The van der Waals surface area contributed by atoms with Gasteiger partial charge in [-0.05, 0) is 29.0 Å². The summed E-state index contributed by atoms with van der Waals surface area (Å²) in [6.07, 6.45) is 2.08. The first kappa shape index (κ1) is 12.3. The van der Waals surface area contributed by atoms with Gasteiger partial charge in [-0.3, -0.25) is 0 Å². The van der Waals surface area contributed by atoms with E-state index in [4.69, 9.17) is 0 Å². The van der Waals surface area contributed by atoms with E-state index in [1.807, 2.05) is 43.3 Å². The molecule has 0 N–H and O–H groups in total. The van der Waals surface area contributed by atoms with Crippen LogP contribution in [0.3, 0.4) is 0 Å². The van der Waals surface area contributed by atoms with E-state index >= 15 is 0 Å². The summed E-state index contributed by atoms with van der Waals surface area (Å²) in [7, 11) is 0. The molecule has 0 atom stereocenters. The highest BCUT2D eigenvalue weighted by Gasteiger charge is 2.09. The van der Waals surface area contributed by atoms with Gasteiger partial charge in [-0.15, -0.1) is 5.10 Å². The van der Waals surface area contributed by atoms with Gasteiger partial charge in [0.15, 0.2) is 5.82 Å². The first-order chi connectivity index (χ1) is 9.84. The van der Waals surface area contributed by atoms with Crippen LogP contribution in [0.15, 0.2) is 60.7 Å². The third-order valence-electron chi connectivity index (χ3n) is 3.03. The molecule has 20 heavy (non-hydrogen) atoms. The Morgan fingerprint density at radius 2 is 1.60 bits per heavy atom. The van der Waals surface area contributed by atoms with Gasteiger partial charge in [0, 0.05) is 5.56 Å². The lowest BCUT2D eigenvalue weighted by Crippen LogP contribution is -2.03. The van der Waals surface area contributed by atoms with Gasteiger partial charge in [0.25, 0.3) is 0 Å². The molecule has 0 radical (unpaired) electrons. The average molecular weight is 262 g/mol. The van der Waals surface area contributed by atoms with Gasteiger partial charge in [0.2, 0.25) is 0 Å². The zero-order valence-electron chi connectivity index (χ0n) is 11.1. The first-order valence-electron chi connectivity index (χ1n) is 6.42. The second kappa shape index (κ2) is 5.48. The lowest BCUT2D eigenvalue weighted by molar-refractivity contribution is 0.797. The standard InChI is InChI=1S/C16H14N4/c1-13-17-18-19-20(13)16(15-10-6-3-7-11-15)12-14-8-4-2-5-9-14/h2-12H,1H3/b16-12-. The van der Waals surface area contributed by atoms with Crippen molar-refractivity contribution in [1.82, 2.24) is 20.2 Å². The third-order valence-corrected chi connectivity index (χ3v) is 3.03. The Hall–Kier alpha value is -2.75. The molecule has 2 aromatic carbocycles. The predicted octanol–water partition coefficient (Wildman–Crippen LogP) is 3.03. The quantitative estimate of drug-likeness (QED) is 0.681. The summed E-state index contributed by atoms with van der Waals surface area (Å²) < 4.78 is 1.75. The van der Waals surface area contributed by atoms with E-state index in [2.05, 4.69) is 45.9 Å². The molecule has 0 spiro atoms. The fraction of sp³-hybridized carbons (Fsp3) is 0.0625. The molecular formula is C16H14N4. The highest BCUT2D eigenvalue weighted by molar-refractivity contribution is 5.81. The topological polar surface area (TPSA) is 43.6 Å². The molecule has 1 aromatic heterocycles. The van der Waals surface area contributed by atoms with Gasteiger partial charge in [-0.2, -0.15) is 4.68 Å². The van der Waals surface area contributed by atoms with Crippen molar-refractivity contribution in [2.24, 2.45) is 0 Å². The van der Waals surface area contributed by atoms with Crippen molar-refractivity contribution < 1.29 is 0 Å². The maximum atomic E-state index is 4.08. The number of benzene rings is 2. The lowest BCUT2D eigenvalue weighted by atomic mass is 10.1. The zero-order valence-corrected chi connectivity index (χ0v) is 11.1. The van der Waals surface area contributed by atoms with Crippen LogP contribution in [0.4, 0.5) is 0 Å². The van der Waals surface area contributed by atoms with Gasteiger partial charge in [0.05, 0.1) is 5.70 Å². The molecule has 0 fully saturated rings. The molecule has 0 amide bonds. The van der Waals surface area contributed by atoms with Crippen LogP contribution in [0, 0.1) is 6.92 Å². The van der Waals surface area contributed by atoms with Crippen LogP contribution >= 0.6 is 0 Å². The first-order valence-corrected chi connectivity index (χ1v) is 6.42. The van der Waals surface area contributed by atoms with Crippen LogP contribution in [0.1, 0.15) is 17.0 Å². The minimum absolute atomic E-state index is 0.760. The summed E-state index contributed by atoms with van der Waals surface area (Å²) in [5.41, 5.74) is 3.15. The highest BCUT2D eigenvalue weighted by atomic mass is 15.5. The molecule has 3 rings (SSSR count). The summed E-state index contributed by atoms with van der Waals surface area (Å²) in [5, 5.41) is 11.8. The number of nitrogens with zero attached hydrogens (tertiary/aromatic N) is 4. The molecule has 4 nitrogen and oxygen atoms in total. The van der Waals surface area contributed by atoms with Crippen molar-refractivity contribution >= 4 is 11.8 Å². The van der Waals surface area contributed by atoms with Crippen molar-refractivity contribution in [2.45, 2.75) is 6.92 Å². The molecule has 1 heterocycles. The Morgan fingerprint density at radius 1 is 0.950 bits per heavy atom. The summed E-state index contributed by atoms with van der Waals surface area (Å²) in [6, 6.07) is 20.3. The minimum atomic E-state index is 0.760. The van der Waals surface area contributed by atoms with E-state index in [0.29, 0.717) is 0 Å². The highest BCUT2D eigenvalue weighted by Crippen LogP contribution is 2.20. The predicted molar refractivity (Wildman–Crippen MR) is 78.7 cm³/mol. The molecule has 0 saturated heterocycles. The van der Waals surface area contributed by atoms with Crippen LogP contribution in [0.2, 0.25) is 0 Å². The Morgan fingerprint density at radius 3 is 2.20 bits per heavy atom. The Balaban J connectivity index is 2.15. The normalized spacial score (nSPS) is 11.6. The molecule has 98 valence electrons. The lowest BCUT2D eigenvalue weighted by Gasteiger charge is -2.08. The van der Waals surface area contributed by atoms with Crippen molar-refractivity contribution in [3.63, 3.8) is 0 Å². The van der Waals surface area contributed by atoms with E-state index in [9.17, 15) is 0 Å². The molecule has 0 aliphatic rings. The maximum Gasteiger partial charge on any atom is 0.153 e. The van der Waals surface area contributed by atoms with E-state index in [1.54, 1.807) is 4.68 Å². The second-order valence-corrected chi connectivity index (χ2v) is 4.44. The molecular weight excluding hydrogens is 248 g/mol. The molecule has 0 aliphatic heterocycles. The monoisotopic (exact) mass is 262 g/mol. The van der Waals surface area contributed by atoms with Gasteiger partial charge in [-0.1, -0.05) is 60.7 Å². The Kier molecular flexibility index (Phi) is 3.37. The van der Waals surface area contributed by atoms with E-state index < -0.39 is 0 Å². The number of aryl methyl sites for hydroxylation is 1. The number of hydrogen-bond donors (Lipinski definition) is 0. The number of aromatic nitrogens is 4. The fourth-order valence-electron chi connectivity index (χ4n) is 2.04. The smallest absolute Gasteiger partial charge is 0.153 e. The van der Waals surface area contributed by atoms with E-state index in [-0.39, 0.29) is 0 Å². The average Bonchev–Trinajstić information content (AvgIpc) is 2.93. The molecule has 0 bridgehead atoms. The van der Waals surface area contributed by atoms with Gasteiger partial charge >= 0.3 is 0 Å². The van der Waals surface area contributed by atoms with Gasteiger partial charge in [-0.25, -0.2) is 0 Å². The molecule has 3 aromatic rings. The molecule has 4 heteroatoms. The Bertz CT molecular complexity index is 715. The Labute approximate surface area is 117 Å². The summed E-state index contributed by atoms with van der Waals surface area (Å²) in [4.78, 5) is 0. The van der Waals surface area contributed by atoms with Crippen LogP contribution in [0.25, 0.3) is 11.8 Å². The third kappa shape index (κ3) is 2.49. The van der Waals surface area contributed by atoms with Crippen molar-refractivity contribution in [1.29, 1.82) is 0 Å². The van der Waals surface area contributed by atoms with Crippen molar-refractivity contribution in [2.75, 3.05) is 0 Å². The second-order valence-electron chi connectivity index (χ2n) is 4.44. The van der Waals surface area contributed by atoms with Crippen LogP contribution in [-0.2, 0) is 0 Å². The summed E-state index contributed by atoms with van der Waals surface area (Å²) in [6.45, 7) is 1.89. The van der Waals surface area contributed by atoms with E-state index in [1.165, 1.54) is 0 Å². The number of hydrogen-bond acceptors (Lipinski definition) is 3. The van der Waals surface area contributed by atoms with Crippen LogP contribution in [0.5, 0.6) is 0 Å². The summed E-state index contributed by atoms with van der Waals surface area (Å²) >= 11 is 0. The molecule has 0 unspecified atom stereocenters. The van der Waals surface area contributed by atoms with Crippen LogP contribution < -0.4 is 0 Å². The zero-order chi connectivity index (χ0) is 13.8. The fourth-order valence-corrected chi connectivity index (χ4v) is 2.04. The maximum absolute atomic E-state index is 4.08. The molecule has 0 saturated carbocycles. The minimum Gasteiger partial charge on any atom is -0.197 e. The van der Waals surface area contributed by atoms with Crippen LogP contribution in [-0.4, -0.2) is 20.2 Å². The largest absolute Gasteiger partial charge is 0.197 e. The number of tetrazole rings is 1. The summed E-state index contributed by atoms with van der Waals surface area (Å²) in [5.74, 6) is 0.760. The number of rotatable bonds is 3. The van der Waals surface area contributed by atoms with Gasteiger partial charge < -0.3 is 0 Å². The molecule has 0 aliphatic carbocycles.